The molecule has 4 aromatic rings. The van der Waals surface area contributed by atoms with Crippen molar-refractivity contribution in [1.29, 1.82) is 0 Å². The van der Waals surface area contributed by atoms with Gasteiger partial charge in [0.15, 0.2) is 11.5 Å². The summed E-state index contributed by atoms with van der Waals surface area (Å²) in [4.78, 5) is 39.7. The molecule has 11 heteroatoms. The molecule has 190 valence electrons. The minimum absolute atomic E-state index is 0.0179. The minimum atomic E-state index is -0.877. The number of hydrogen-bond donors (Lipinski definition) is 1. The predicted molar refractivity (Wildman–Crippen MR) is 135 cm³/mol. The number of nitrogens with one attached hydrogen (secondary N) is 1. The third-order valence-corrected chi connectivity index (χ3v) is 5.72. The van der Waals surface area contributed by atoms with E-state index in [-0.39, 0.29) is 18.8 Å². The maximum atomic E-state index is 13.4. The Morgan fingerprint density at radius 1 is 0.973 bits per heavy atom. The fourth-order valence-corrected chi connectivity index (χ4v) is 3.82. The predicted octanol–water partition coefficient (Wildman–Crippen LogP) is 3.18. The van der Waals surface area contributed by atoms with E-state index < -0.39 is 28.7 Å². The lowest BCUT2D eigenvalue weighted by Crippen LogP contribution is -2.46. The van der Waals surface area contributed by atoms with Gasteiger partial charge in [0.25, 0.3) is 11.5 Å². The number of methoxy groups -OCH3 is 2. The summed E-state index contributed by atoms with van der Waals surface area (Å²) >= 11 is 6.07. The maximum absolute atomic E-state index is 13.4. The summed E-state index contributed by atoms with van der Waals surface area (Å²) in [5, 5.41) is 7.12. The number of halogens is 2. The Balaban J connectivity index is 1.80. The van der Waals surface area contributed by atoms with Crippen LogP contribution in [0, 0.1) is 5.82 Å². The zero-order chi connectivity index (χ0) is 26.5. The van der Waals surface area contributed by atoms with Gasteiger partial charge in [-0.05, 0) is 47.5 Å². The first kappa shape index (κ1) is 25.6. The second kappa shape index (κ2) is 11.1. The summed E-state index contributed by atoms with van der Waals surface area (Å²) in [5.41, 5.74) is -0.712. The van der Waals surface area contributed by atoms with Crippen molar-refractivity contribution in [2.24, 2.45) is 0 Å². The summed E-state index contributed by atoms with van der Waals surface area (Å²) in [6.07, 6.45) is 0. The Kier molecular flexibility index (Phi) is 7.69. The average Bonchev–Trinajstić information content (AvgIpc) is 2.90. The molecule has 0 bridgehead atoms. The zero-order valence-electron chi connectivity index (χ0n) is 19.9. The van der Waals surface area contributed by atoms with Gasteiger partial charge in [-0.15, -0.1) is 0 Å². The Morgan fingerprint density at radius 2 is 1.70 bits per heavy atom. The van der Waals surface area contributed by atoms with Crippen LogP contribution in [0.1, 0.15) is 21.6 Å². The van der Waals surface area contributed by atoms with Crippen molar-refractivity contribution in [3.63, 3.8) is 0 Å². The lowest BCUT2D eigenvalue weighted by atomic mass is 10.2. The van der Waals surface area contributed by atoms with E-state index in [1.54, 1.807) is 36.4 Å². The Labute approximate surface area is 215 Å². The SMILES string of the molecule is COc1ccc(-n2nc(C(=O)NCc3ccc(F)cc3)c(=O)n(Cc3cccc(Cl)c3)c2=O)cc1OC. The Bertz CT molecular complexity index is 1570. The van der Waals surface area contributed by atoms with Crippen LogP contribution in [0.5, 0.6) is 11.5 Å². The molecule has 0 spiro atoms. The topological polar surface area (TPSA) is 104 Å². The molecule has 0 fully saturated rings. The quantitative estimate of drug-likeness (QED) is 0.380. The van der Waals surface area contributed by atoms with Crippen LogP contribution in [-0.2, 0) is 13.1 Å². The summed E-state index contributed by atoms with van der Waals surface area (Å²) in [6, 6.07) is 16.8. The van der Waals surface area contributed by atoms with E-state index in [0.717, 1.165) is 9.25 Å². The third kappa shape index (κ3) is 5.70. The Morgan fingerprint density at radius 3 is 2.38 bits per heavy atom. The molecule has 1 aromatic heterocycles. The van der Waals surface area contributed by atoms with Gasteiger partial charge in [0.1, 0.15) is 5.82 Å². The van der Waals surface area contributed by atoms with Gasteiger partial charge in [0.05, 0.1) is 26.5 Å². The van der Waals surface area contributed by atoms with E-state index in [4.69, 9.17) is 21.1 Å². The normalized spacial score (nSPS) is 10.7. The lowest BCUT2D eigenvalue weighted by Gasteiger charge is -2.14. The molecule has 4 rings (SSSR count). The molecule has 0 aliphatic heterocycles. The van der Waals surface area contributed by atoms with Gasteiger partial charge in [0, 0.05) is 17.6 Å². The standard InChI is InChI=1S/C26H22ClFN4O5/c1-36-21-11-10-20(13-22(21)37-2)32-26(35)31(15-17-4-3-5-18(27)12-17)25(34)23(30-32)24(33)29-14-16-6-8-19(28)9-7-16/h3-13H,14-15H2,1-2H3,(H,29,33). The number of amides is 1. The van der Waals surface area contributed by atoms with Crippen LogP contribution in [0.3, 0.4) is 0 Å². The molecular formula is C26H22ClFN4O5. The van der Waals surface area contributed by atoms with Gasteiger partial charge in [-0.25, -0.2) is 9.18 Å². The molecule has 0 unspecified atom stereocenters. The maximum Gasteiger partial charge on any atom is 0.352 e. The van der Waals surface area contributed by atoms with E-state index in [1.165, 1.54) is 44.6 Å². The fraction of sp³-hybridized carbons (Fsp3) is 0.154. The number of ether oxygens (including phenoxy) is 2. The van der Waals surface area contributed by atoms with Crippen LogP contribution in [0.4, 0.5) is 4.39 Å². The number of benzene rings is 3. The molecule has 1 amide bonds. The number of aromatic nitrogens is 3. The van der Waals surface area contributed by atoms with Gasteiger partial charge in [-0.2, -0.15) is 9.78 Å². The number of carbonyl (C=O) groups is 1. The van der Waals surface area contributed by atoms with Crippen molar-refractivity contribution in [3.05, 3.63) is 115 Å². The van der Waals surface area contributed by atoms with Crippen molar-refractivity contribution in [3.8, 4) is 17.2 Å². The second-order valence-corrected chi connectivity index (χ2v) is 8.35. The first-order valence-corrected chi connectivity index (χ1v) is 11.4. The third-order valence-electron chi connectivity index (χ3n) is 5.48. The van der Waals surface area contributed by atoms with Crippen molar-refractivity contribution < 1.29 is 18.7 Å². The monoisotopic (exact) mass is 524 g/mol. The molecule has 0 atom stereocenters. The molecule has 0 aliphatic rings. The molecular weight excluding hydrogens is 503 g/mol. The average molecular weight is 525 g/mol. The highest BCUT2D eigenvalue weighted by atomic mass is 35.5. The van der Waals surface area contributed by atoms with Crippen molar-refractivity contribution in [2.75, 3.05) is 14.2 Å². The molecule has 0 saturated heterocycles. The van der Waals surface area contributed by atoms with E-state index >= 15 is 0 Å². The molecule has 9 nitrogen and oxygen atoms in total. The largest absolute Gasteiger partial charge is 0.493 e. The molecule has 0 saturated carbocycles. The highest BCUT2D eigenvalue weighted by Crippen LogP contribution is 2.28. The molecule has 0 aliphatic carbocycles. The van der Waals surface area contributed by atoms with Gasteiger partial charge in [-0.3, -0.25) is 14.2 Å². The summed E-state index contributed by atoms with van der Waals surface area (Å²) in [6.45, 7) is -0.129. The summed E-state index contributed by atoms with van der Waals surface area (Å²) < 4.78 is 25.6. The fourth-order valence-electron chi connectivity index (χ4n) is 3.61. The number of rotatable bonds is 8. The van der Waals surface area contributed by atoms with Crippen LogP contribution >= 0.6 is 11.6 Å². The molecule has 1 heterocycles. The zero-order valence-corrected chi connectivity index (χ0v) is 20.7. The van der Waals surface area contributed by atoms with E-state index in [0.29, 0.717) is 27.6 Å². The summed E-state index contributed by atoms with van der Waals surface area (Å²) in [7, 11) is 2.91. The van der Waals surface area contributed by atoms with Crippen LogP contribution in [-0.4, -0.2) is 34.5 Å². The van der Waals surface area contributed by atoms with Crippen molar-refractivity contribution in [1.82, 2.24) is 19.7 Å². The van der Waals surface area contributed by atoms with Gasteiger partial charge >= 0.3 is 5.69 Å². The Hall–Kier alpha value is -4.44. The minimum Gasteiger partial charge on any atom is -0.493 e. The molecule has 0 radical (unpaired) electrons. The highest BCUT2D eigenvalue weighted by molar-refractivity contribution is 6.30. The van der Waals surface area contributed by atoms with E-state index in [9.17, 15) is 18.8 Å². The van der Waals surface area contributed by atoms with E-state index in [2.05, 4.69) is 10.4 Å². The second-order valence-electron chi connectivity index (χ2n) is 7.91. The van der Waals surface area contributed by atoms with Gasteiger partial charge in [-0.1, -0.05) is 35.9 Å². The van der Waals surface area contributed by atoms with Crippen LogP contribution in [0.25, 0.3) is 5.69 Å². The van der Waals surface area contributed by atoms with Crippen molar-refractivity contribution >= 4 is 17.5 Å². The highest BCUT2D eigenvalue weighted by Gasteiger charge is 2.21. The first-order valence-electron chi connectivity index (χ1n) is 11.0. The van der Waals surface area contributed by atoms with Gasteiger partial charge < -0.3 is 14.8 Å². The van der Waals surface area contributed by atoms with Crippen LogP contribution < -0.4 is 26.0 Å². The molecule has 3 aromatic carbocycles. The van der Waals surface area contributed by atoms with Crippen LogP contribution in [0.2, 0.25) is 5.02 Å². The first-order chi connectivity index (χ1) is 17.8. The molecule has 37 heavy (non-hydrogen) atoms. The number of hydrogen-bond acceptors (Lipinski definition) is 6. The van der Waals surface area contributed by atoms with Crippen molar-refractivity contribution in [2.45, 2.75) is 13.1 Å². The summed E-state index contributed by atoms with van der Waals surface area (Å²) in [5.74, 6) is -0.474. The lowest BCUT2D eigenvalue weighted by molar-refractivity contribution is 0.0941. The molecule has 1 N–H and O–H groups in total. The van der Waals surface area contributed by atoms with Gasteiger partial charge in [0.2, 0.25) is 5.69 Å². The van der Waals surface area contributed by atoms with Crippen LogP contribution in [0.15, 0.2) is 76.3 Å². The number of nitrogens with zero attached hydrogens (tertiary/aromatic N) is 3. The number of carbonyl (C=O) groups excluding carboxylic acids is 1. The van der Waals surface area contributed by atoms with E-state index in [1.807, 2.05) is 0 Å². The smallest absolute Gasteiger partial charge is 0.352 e.